The third-order valence-electron chi connectivity index (χ3n) is 2.31. The van der Waals surface area contributed by atoms with Crippen molar-refractivity contribution in [3.05, 3.63) is 30.5 Å². The molecule has 16 heavy (non-hydrogen) atoms. The Morgan fingerprint density at radius 1 is 1.31 bits per heavy atom. The number of sulfonamides is 1. The molecule has 0 fully saturated rings. The van der Waals surface area contributed by atoms with Crippen molar-refractivity contribution in [3.63, 3.8) is 0 Å². The molecular formula is C10H11N3O2S. The van der Waals surface area contributed by atoms with Gasteiger partial charge in [-0.2, -0.15) is 0 Å². The Morgan fingerprint density at radius 3 is 2.69 bits per heavy atom. The fourth-order valence-corrected chi connectivity index (χ4v) is 2.06. The molecule has 2 rings (SSSR count). The van der Waals surface area contributed by atoms with Crippen LogP contribution in [0.4, 0.5) is 5.69 Å². The standard InChI is InChI=1S/C10H11N3O2S/c1-12-9-4-5-13-10-3-2-7(6-8(9)10)16(11,14)15/h2-6H,1H3,(H,12,13)(H2,11,14,15). The number of hydrogen-bond donors (Lipinski definition) is 2. The van der Waals surface area contributed by atoms with Crippen molar-refractivity contribution in [1.82, 2.24) is 4.98 Å². The van der Waals surface area contributed by atoms with Crippen LogP contribution in [0.25, 0.3) is 10.9 Å². The van der Waals surface area contributed by atoms with Crippen LogP contribution >= 0.6 is 0 Å². The van der Waals surface area contributed by atoms with Crippen LogP contribution in [0.1, 0.15) is 0 Å². The summed E-state index contributed by atoms with van der Waals surface area (Å²) in [7, 11) is -1.91. The van der Waals surface area contributed by atoms with Gasteiger partial charge >= 0.3 is 0 Å². The summed E-state index contributed by atoms with van der Waals surface area (Å²) in [5, 5.41) is 8.78. The maximum absolute atomic E-state index is 11.2. The van der Waals surface area contributed by atoms with Gasteiger partial charge in [0.25, 0.3) is 0 Å². The fourth-order valence-electron chi connectivity index (χ4n) is 1.52. The van der Waals surface area contributed by atoms with E-state index >= 15 is 0 Å². The predicted molar refractivity (Wildman–Crippen MR) is 62.7 cm³/mol. The van der Waals surface area contributed by atoms with Crippen LogP contribution in [0.2, 0.25) is 0 Å². The lowest BCUT2D eigenvalue weighted by Gasteiger charge is -2.06. The van der Waals surface area contributed by atoms with Crippen molar-refractivity contribution < 1.29 is 8.42 Å². The predicted octanol–water partition coefficient (Wildman–Crippen LogP) is 0.924. The smallest absolute Gasteiger partial charge is 0.238 e. The molecule has 0 radical (unpaired) electrons. The number of aromatic nitrogens is 1. The molecule has 5 nitrogen and oxygen atoms in total. The summed E-state index contributed by atoms with van der Waals surface area (Å²) in [5.74, 6) is 0. The minimum absolute atomic E-state index is 0.0875. The molecule has 0 bridgehead atoms. The fraction of sp³-hybridized carbons (Fsp3) is 0.100. The Balaban J connectivity index is 2.78. The third kappa shape index (κ3) is 1.84. The Kier molecular flexibility index (Phi) is 2.53. The van der Waals surface area contributed by atoms with Gasteiger partial charge in [0.05, 0.1) is 10.4 Å². The van der Waals surface area contributed by atoms with Crippen LogP contribution < -0.4 is 10.5 Å². The van der Waals surface area contributed by atoms with Crippen LogP contribution in [-0.2, 0) is 10.0 Å². The van der Waals surface area contributed by atoms with E-state index in [0.717, 1.165) is 16.6 Å². The maximum Gasteiger partial charge on any atom is 0.238 e. The van der Waals surface area contributed by atoms with Gasteiger partial charge in [0.15, 0.2) is 0 Å². The quantitative estimate of drug-likeness (QED) is 0.813. The zero-order valence-electron chi connectivity index (χ0n) is 8.64. The number of fused-ring (bicyclic) bond motifs is 1. The molecule has 0 saturated carbocycles. The van der Waals surface area contributed by atoms with Gasteiger partial charge in [0.1, 0.15) is 0 Å². The maximum atomic E-state index is 11.2. The van der Waals surface area contributed by atoms with Gasteiger partial charge in [-0.15, -0.1) is 0 Å². The zero-order chi connectivity index (χ0) is 11.8. The van der Waals surface area contributed by atoms with Gasteiger partial charge in [0.2, 0.25) is 10.0 Å². The first-order valence-corrected chi connectivity index (χ1v) is 6.16. The highest BCUT2D eigenvalue weighted by atomic mass is 32.2. The number of primary sulfonamides is 1. The molecule has 0 spiro atoms. The van der Waals surface area contributed by atoms with E-state index in [2.05, 4.69) is 10.3 Å². The number of nitrogens with one attached hydrogen (secondary N) is 1. The van der Waals surface area contributed by atoms with E-state index < -0.39 is 10.0 Å². The molecule has 1 heterocycles. The number of nitrogens with zero attached hydrogens (tertiary/aromatic N) is 1. The van der Waals surface area contributed by atoms with Gasteiger partial charge in [-0.05, 0) is 24.3 Å². The second kappa shape index (κ2) is 3.73. The average molecular weight is 237 g/mol. The molecule has 0 unspecified atom stereocenters. The molecule has 1 aromatic heterocycles. The van der Waals surface area contributed by atoms with E-state index in [1.165, 1.54) is 12.1 Å². The molecular weight excluding hydrogens is 226 g/mol. The number of nitrogens with two attached hydrogens (primary N) is 1. The number of rotatable bonds is 2. The second-order valence-corrected chi connectivity index (χ2v) is 4.89. The monoisotopic (exact) mass is 237 g/mol. The van der Waals surface area contributed by atoms with E-state index in [1.807, 2.05) is 0 Å². The van der Waals surface area contributed by atoms with Gasteiger partial charge in [0, 0.05) is 24.3 Å². The number of hydrogen-bond acceptors (Lipinski definition) is 4. The molecule has 0 atom stereocenters. The first-order chi connectivity index (χ1) is 7.52. The molecule has 3 N–H and O–H groups in total. The van der Waals surface area contributed by atoms with Crippen LogP contribution in [0.5, 0.6) is 0 Å². The molecule has 0 saturated heterocycles. The first-order valence-electron chi connectivity index (χ1n) is 4.62. The molecule has 84 valence electrons. The van der Waals surface area contributed by atoms with E-state index in [0.29, 0.717) is 0 Å². The van der Waals surface area contributed by atoms with Crippen molar-refractivity contribution in [1.29, 1.82) is 0 Å². The summed E-state index contributed by atoms with van der Waals surface area (Å²) < 4.78 is 22.4. The first kappa shape index (κ1) is 10.8. The second-order valence-electron chi connectivity index (χ2n) is 3.33. The highest BCUT2D eigenvalue weighted by Crippen LogP contribution is 2.23. The van der Waals surface area contributed by atoms with Gasteiger partial charge in [-0.3, -0.25) is 4.98 Å². The van der Waals surface area contributed by atoms with Crippen LogP contribution in [0, 0.1) is 0 Å². The number of pyridine rings is 1. The minimum Gasteiger partial charge on any atom is -0.388 e. The summed E-state index contributed by atoms with van der Waals surface area (Å²) in [6.07, 6.45) is 1.66. The van der Waals surface area contributed by atoms with E-state index in [4.69, 9.17) is 5.14 Å². The molecule has 6 heteroatoms. The van der Waals surface area contributed by atoms with E-state index in [1.54, 1.807) is 25.4 Å². The highest BCUT2D eigenvalue weighted by Gasteiger charge is 2.09. The van der Waals surface area contributed by atoms with Crippen LogP contribution in [0.15, 0.2) is 35.4 Å². The molecule has 2 aromatic rings. The third-order valence-corrected chi connectivity index (χ3v) is 3.22. The Morgan fingerprint density at radius 2 is 2.06 bits per heavy atom. The summed E-state index contributed by atoms with van der Waals surface area (Å²) in [4.78, 5) is 4.22. The Hall–Kier alpha value is -1.66. The Bertz CT molecular complexity index is 638. The van der Waals surface area contributed by atoms with Gasteiger partial charge in [-0.25, -0.2) is 13.6 Å². The van der Waals surface area contributed by atoms with E-state index in [9.17, 15) is 8.42 Å². The van der Waals surface area contributed by atoms with Crippen molar-refractivity contribution in [2.45, 2.75) is 4.90 Å². The summed E-state index contributed by atoms with van der Waals surface area (Å²) in [6, 6.07) is 6.37. The van der Waals surface area contributed by atoms with Crippen molar-refractivity contribution >= 4 is 26.6 Å². The largest absolute Gasteiger partial charge is 0.388 e. The lowest BCUT2D eigenvalue weighted by atomic mass is 10.2. The topological polar surface area (TPSA) is 85.1 Å². The summed E-state index contributed by atoms with van der Waals surface area (Å²) >= 11 is 0. The van der Waals surface area contributed by atoms with Crippen molar-refractivity contribution in [3.8, 4) is 0 Å². The molecule has 1 aromatic carbocycles. The summed E-state index contributed by atoms with van der Waals surface area (Å²) in [6.45, 7) is 0. The Labute approximate surface area is 93.3 Å². The highest BCUT2D eigenvalue weighted by molar-refractivity contribution is 7.89. The van der Waals surface area contributed by atoms with Crippen LogP contribution in [0.3, 0.4) is 0 Å². The normalized spacial score (nSPS) is 11.6. The lowest BCUT2D eigenvalue weighted by Crippen LogP contribution is -2.12. The molecule has 0 aliphatic heterocycles. The zero-order valence-corrected chi connectivity index (χ0v) is 9.45. The number of benzene rings is 1. The van der Waals surface area contributed by atoms with Crippen molar-refractivity contribution in [2.24, 2.45) is 5.14 Å². The SMILES string of the molecule is CNc1ccnc2ccc(S(N)(=O)=O)cc12. The molecule has 0 amide bonds. The summed E-state index contributed by atoms with van der Waals surface area (Å²) in [5.41, 5.74) is 1.54. The lowest BCUT2D eigenvalue weighted by molar-refractivity contribution is 0.598. The molecule has 0 aliphatic carbocycles. The van der Waals surface area contributed by atoms with E-state index in [-0.39, 0.29) is 4.90 Å². The van der Waals surface area contributed by atoms with Crippen molar-refractivity contribution in [2.75, 3.05) is 12.4 Å². The van der Waals surface area contributed by atoms with Gasteiger partial charge in [-0.1, -0.05) is 0 Å². The average Bonchev–Trinajstić information content (AvgIpc) is 2.26. The number of anilines is 1. The minimum atomic E-state index is -3.67. The van der Waals surface area contributed by atoms with Crippen LogP contribution in [-0.4, -0.2) is 20.4 Å². The van der Waals surface area contributed by atoms with Gasteiger partial charge < -0.3 is 5.32 Å². The molecule has 0 aliphatic rings.